The van der Waals surface area contributed by atoms with E-state index < -0.39 is 16.0 Å². The predicted molar refractivity (Wildman–Crippen MR) is 108 cm³/mol. The maximum Gasteiger partial charge on any atom is 0.282 e. The molecule has 2 saturated heterocycles. The van der Waals surface area contributed by atoms with E-state index >= 15 is 0 Å². The van der Waals surface area contributed by atoms with Gasteiger partial charge >= 0.3 is 0 Å². The second-order valence-corrected chi connectivity index (χ2v) is 9.53. The van der Waals surface area contributed by atoms with Crippen molar-refractivity contribution in [3.05, 3.63) is 30.1 Å². The normalized spacial score (nSPS) is 25.1. The lowest BCUT2D eigenvalue weighted by molar-refractivity contribution is -0.116. The second kappa shape index (κ2) is 9.48. The topological polar surface area (TPSA) is 82.2 Å². The minimum atomic E-state index is -3.51. The van der Waals surface area contributed by atoms with Gasteiger partial charge in [0.1, 0.15) is 5.82 Å². The summed E-state index contributed by atoms with van der Waals surface area (Å²) < 4.78 is 48.1. The minimum Gasteiger partial charge on any atom is -0.373 e. The number of piperazine rings is 1. The van der Waals surface area contributed by atoms with Crippen LogP contribution in [0.2, 0.25) is 0 Å². The molecule has 0 aliphatic carbocycles. The van der Waals surface area contributed by atoms with Crippen molar-refractivity contribution in [3.63, 3.8) is 0 Å². The van der Waals surface area contributed by atoms with Crippen LogP contribution in [0.5, 0.6) is 0 Å². The highest BCUT2D eigenvalue weighted by atomic mass is 32.2. The zero-order valence-corrected chi connectivity index (χ0v) is 17.7. The molecule has 0 aromatic heterocycles. The van der Waals surface area contributed by atoms with Crippen LogP contribution in [0.3, 0.4) is 0 Å². The molecule has 29 heavy (non-hydrogen) atoms. The van der Waals surface area contributed by atoms with Crippen LogP contribution < -0.4 is 5.32 Å². The van der Waals surface area contributed by atoms with Gasteiger partial charge in [0, 0.05) is 52.2 Å². The molecule has 1 N–H and O–H groups in total. The van der Waals surface area contributed by atoms with Crippen molar-refractivity contribution in [2.45, 2.75) is 32.5 Å². The molecule has 0 saturated carbocycles. The number of amides is 1. The highest BCUT2D eigenvalue weighted by molar-refractivity contribution is 7.86. The molecule has 8 nitrogen and oxygen atoms in total. The lowest BCUT2D eigenvalue weighted by atomic mass is 10.2. The maximum atomic E-state index is 13.6. The molecule has 2 aliphatic heterocycles. The molecule has 0 bridgehead atoms. The number of nitrogens with one attached hydrogen (secondary N) is 1. The number of para-hydroxylation sites is 1. The number of hydrogen-bond donors (Lipinski definition) is 1. The Morgan fingerprint density at radius 1 is 1.10 bits per heavy atom. The number of anilines is 1. The fourth-order valence-corrected chi connectivity index (χ4v) is 5.45. The van der Waals surface area contributed by atoms with E-state index in [9.17, 15) is 17.6 Å². The van der Waals surface area contributed by atoms with E-state index in [1.165, 1.54) is 20.7 Å². The van der Waals surface area contributed by atoms with Gasteiger partial charge in [-0.1, -0.05) is 12.1 Å². The Balaban J connectivity index is 1.45. The van der Waals surface area contributed by atoms with Gasteiger partial charge in [0.15, 0.2) is 0 Å². The molecule has 2 aliphatic rings. The second-order valence-electron chi connectivity index (χ2n) is 7.60. The van der Waals surface area contributed by atoms with Crippen molar-refractivity contribution >= 4 is 21.8 Å². The van der Waals surface area contributed by atoms with Crippen LogP contribution in [-0.4, -0.2) is 85.9 Å². The molecule has 10 heteroatoms. The average molecular weight is 429 g/mol. The molecule has 0 spiro atoms. The summed E-state index contributed by atoms with van der Waals surface area (Å²) in [7, 11) is -3.51. The molecule has 3 rings (SSSR count). The van der Waals surface area contributed by atoms with Crippen molar-refractivity contribution in [1.29, 1.82) is 0 Å². The number of carbonyl (C=O) groups excluding carboxylic acids is 1. The average Bonchev–Trinajstić information content (AvgIpc) is 2.68. The fourth-order valence-electron chi connectivity index (χ4n) is 3.70. The van der Waals surface area contributed by atoms with Gasteiger partial charge < -0.3 is 15.0 Å². The minimum absolute atomic E-state index is 0.122. The zero-order valence-electron chi connectivity index (χ0n) is 16.9. The summed E-state index contributed by atoms with van der Waals surface area (Å²) in [6.45, 7) is 6.87. The van der Waals surface area contributed by atoms with Gasteiger partial charge in [0.25, 0.3) is 10.2 Å². The van der Waals surface area contributed by atoms with Crippen molar-refractivity contribution < 1.29 is 22.3 Å². The smallest absolute Gasteiger partial charge is 0.282 e. The monoisotopic (exact) mass is 428 g/mol. The Kier molecular flexibility index (Phi) is 7.23. The van der Waals surface area contributed by atoms with E-state index in [2.05, 4.69) is 10.2 Å². The summed E-state index contributed by atoms with van der Waals surface area (Å²) in [5.41, 5.74) is 0.169. The van der Waals surface area contributed by atoms with Crippen LogP contribution in [-0.2, 0) is 19.7 Å². The van der Waals surface area contributed by atoms with Gasteiger partial charge in [-0.15, -0.1) is 0 Å². The molecule has 1 aromatic rings. The number of carbonyl (C=O) groups is 1. The molecule has 1 aromatic carbocycles. The summed E-state index contributed by atoms with van der Waals surface area (Å²) in [5.74, 6) is -0.729. The van der Waals surface area contributed by atoms with Gasteiger partial charge in [0.2, 0.25) is 5.91 Å². The molecule has 162 valence electrons. The Morgan fingerprint density at radius 3 is 2.34 bits per heavy atom. The number of nitrogens with zero attached hydrogens (tertiary/aromatic N) is 3. The van der Waals surface area contributed by atoms with Crippen molar-refractivity contribution in [1.82, 2.24) is 13.5 Å². The number of ether oxygens (including phenoxy) is 1. The van der Waals surface area contributed by atoms with Gasteiger partial charge in [-0.25, -0.2) is 4.39 Å². The first kappa shape index (κ1) is 22.1. The third-order valence-electron chi connectivity index (χ3n) is 5.17. The predicted octanol–water partition coefficient (Wildman–Crippen LogP) is 1.13. The quantitative estimate of drug-likeness (QED) is 0.735. The van der Waals surface area contributed by atoms with E-state index in [1.54, 1.807) is 12.1 Å². The van der Waals surface area contributed by atoms with Gasteiger partial charge in [0.05, 0.1) is 17.9 Å². The van der Waals surface area contributed by atoms with Crippen molar-refractivity contribution in [3.8, 4) is 0 Å². The van der Waals surface area contributed by atoms with Gasteiger partial charge in [-0.05, 0) is 26.0 Å². The summed E-state index contributed by atoms with van der Waals surface area (Å²) in [5, 5.41) is 2.57. The van der Waals surface area contributed by atoms with E-state index in [1.807, 2.05) is 13.8 Å². The molecular formula is C19H29FN4O4S. The highest BCUT2D eigenvalue weighted by Gasteiger charge is 2.36. The largest absolute Gasteiger partial charge is 0.373 e. The number of morpholine rings is 1. The zero-order chi connectivity index (χ0) is 21.0. The SMILES string of the molecule is C[C@@H]1CN(S(=O)(=O)N2CCN(CCC(=O)Nc3ccccc3F)CC2)C[C@@H](C)O1. The third-order valence-corrected chi connectivity index (χ3v) is 7.14. The molecule has 1 amide bonds. The van der Waals surface area contributed by atoms with Crippen molar-refractivity contribution in [2.75, 3.05) is 51.1 Å². The lowest BCUT2D eigenvalue weighted by Crippen LogP contribution is -2.57. The molecule has 2 heterocycles. The van der Waals surface area contributed by atoms with Crippen LogP contribution in [0.1, 0.15) is 20.3 Å². The summed E-state index contributed by atoms with van der Waals surface area (Å²) in [4.78, 5) is 14.1. The first-order valence-electron chi connectivity index (χ1n) is 9.93. The number of benzene rings is 1. The Hall–Kier alpha value is -1.59. The standard InChI is InChI=1S/C19H29FN4O4S/c1-15-13-24(14-16(2)28-15)29(26,27)23-11-9-22(10-12-23)8-7-19(25)21-18-6-4-3-5-17(18)20/h3-6,15-16H,7-14H2,1-2H3,(H,21,25)/t15-,16-/m1/s1. The number of halogens is 1. The maximum absolute atomic E-state index is 13.6. The Labute approximate surface area is 171 Å². The van der Waals surface area contributed by atoms with E-state index in [4.69, 9.17) is 4.74 Å². The number of hydrogen-bond acceptors (Lipinski definition) is 5. The van der Waals surface area contributed by atoms with E-state index in [-0.39, 0.29) is 30.2 Å². The Morgan fingerprint density at radius 2 is 1.72 bits per heavy atom. The Bertz CT molecular complexity index is 804. The highest BCUT2D eigenvalue weighted by Crippen LogP contribution is 2.19. The molecular weight excluding hydrogens is 399 g/mol. The molecule has 0 unspecified atom stereocenters. The molecule has 0 radical (unpaired) electrons. The third kappa shape index (κ3) is 5.73. The summed E-state index contributed by atoms with van der Waals surface area (Å²) >= 11 is 0. The van der Waals surface area contributed by atoms with Crippen LogP contribution in [0.4, 0.5) is 10.1 Å². The van der Waals surface area contributed by atoms with Crippen LogP contribution >= 0.6 is 0 Å². The van der Waals surface area contributed by atoms with Gasteiger partial charge in [-0.2, -0.15) is 17.0 Å². The lowest BCUT2D eigenvalue weighted by Gasteiger charge is -2.40. The van der Waals surface area contributed by atoms with E-state index in [0.717, 1.165) is 0 Å². The van der Waals surface area contributed by atoms with Crippen LogP contribution in [0, 0.1) is 5.82 Å². The first-order valence-corrected chi connectivity index (χ1v) is 11.3. The molecule has 2 atom stereocenters. The molecule has 2 fully saturated rings. The summed E-state index contributed by atoms with van der Waals surface area (Å²) in [6, 6.07) is 6.04. The van der Waals surface area contributed by atoms with Crippen molar-refractivity contribution in [2.24, 2.45) is 0 Å². The van der Waals surface area contributed by atoms with Crippen LogP contribution in [0.15, 0.2) is 24.3 Å². The first-order chi connectivity index (χ1) is 13.8. The fraction of sp³-hybridized carbons (Fsp3) is 0.632. The van der Waals surface area contributed by atoms with Crippen LogP contribution in [0.25, 0.3) is 0 Å². The van der Waals surface area contributed by atoms with E-state index in [0.29, 0.717) is 45.8 Å². The van der Waals surface area contributed by atoms with Gasteiger partial charge in [-0.3, -0.25) is 4.79 Å². The summed E-state index contributed by atoms with van der Waals surface area (Å²) in [6.07, 6.45) is -0.0231. The number of rotatable bonds is 6.